The zero-order valence-electron chi connectivity index (χ0n) is 35.0. The van der Waals surface area contributed by atoms with E-state index in [2.05, 4.69) is 51.8 Å². The molecule has 16 N–H and O–H groups in total. The van der Waals surface area contributed by atoms with Crippen LogP contribution in [0.25, 0.3) is 0 Å². The number of unbranched alkanes of at least 4 members (excludes halogenated alkanes) is 1. The van der Waals surface area contributed by atoms with E-state index in [0.717, 1.165) is 0 Å². The zero-order valence-corrected chi connectivity index (χ0v) is 35.0. The summed E-state index contributed by atoms with van der Waals surface area (Å²) >= 11 is 0. The lowest BCUT2D eigenvalue weighted by Gasteiger charge is -2.29. The van der Waals surface area contributed by atoms with Crippen molar-refractivity contribution in [3.63, 3.8) is 0 Å². The van der Waals surface area contributed by atoms with Crippen LogP contribution >= 0.6 is 0 Å². The van der Waals surface area contributed by atoms with E-state index in [1.54, 1.807) is 26.2 Å². The van der Waals surface area contributed by atoms with Gasteiger partial charge in [-0.3, -0.25) is 34.2 Å². The van der Waals surface area contributed by atoms with Crippen molar-refractivity contribution in [2.24, 2.45) is 23.1 Å². The zero-order chi connectivity index (χ0) is 45.1. The second kappa shape index (κ2) is 24.9. The second-order valence-corrected chi connectivity index (χ2v) is 15.2. The molecule has 0 saturated carbocycles. The quantitative estimate of drug-likeness (QED) is 0.0258. The third-order valence-electron chi connectivity index (χ3n) is 10.5. The maximum absolute atomic E-state index is 13.8. The lowest BCUT2D eigenvalue weighted by molar-refractivity contribution is -0.143. The Kier molecular flexibility index (Phi) is 20.1. The van der Waals surface area contributed by atoms with Crippen LogP contribution in [0, 0.1) is 11.3 Å². The molecule has 23 heteroatoms. The predicted molar refractivity (Wildman–Crippen MR) is 222 cm³/mol. The van der Waals surface area contributed by atoms with Crippen molar-refractivity contribution >= 4 is 47.4 Å². The normalized spacial score (nSPS) is 17.1. The number of guanidine groups is 1. The van der Waals surface area contributed by atoms with Crippen molar-refractivity contribution in [3.8, 4) is 0 Å². The molecule has 23 nitrogen and oxygen atoms in total. The first-order valence-electron chi connectivity index (χ1n) is 20.6. The molecule has 0 radical (unpaired) electrons. The van der Waals surface area contributed by atoms with E-state index < -0.39 is 89.6 Å². The van der Waals surface area contributed by atoms with Gasteiger partial charge in [-0.05, 0) is 64.3 Å². The highest BCUT2D eigenvalue weighted by atomic mass is 16.4. The fourth-order valence-electron chi connectivity index (χ4n) is 6.76. The molecule has 0 bridgehead atoms. The summed E-state index contributed by atoms with van der Waals surface area (Å²) in [6, 6.07) is -7.96. The third kappa shape index (κ3) is 15.8. The number of hydrogen-bond acceptors (Lipinski definition) is 12. The van der Waals surface area contributed by atoms with Crippen LogP contribution in [0.1, 0.15) is 83.5 Å². The summed E-state index contributed by atoms with van der Waals surface area (Å²) in [5.41, 5.74) is 18.2. The summed E-state index contributed by atoms with van der Waals surface area (Å²) < 4.78 is 0. The Morgan fingerprint density at radius 3 is 2.07 bits per heavy atom. The van der Waals surface area contributed by atoms with Crippen LogP contribution in [0.15, 0.2) is 25.0 Å². The minimum atomic E-state index is -1.25. The number of carbonyl (C=O) groups excluding carboxylic acids is 6. The largest absolute Gasteiger partial charge is 0.480 e. The van der Waals surface area contributed by atoms with Crippen LogP contribution in [0.2, 0.25) is 0 Å². The molecular formula is C38H63N15O8. The summed E-state index contributed by atoms with van der Waals surface area (Å²) in [4.78, 5) is 109. The Morgan fingerprint density at radius 1 is 0.852 bits per heavy atom. The van der Waals surface area contributed by atoms with E-state index in [-0.39, 0.29) is 44.6 Å². The molecule has 1 fully saturated rings. The fourth-order valence-corrected chi connectivity index (χ4v) is 6.76. The van der Waals surface area contributed by atoms with Gasteiger partial charge in [0, 0.05) is 38.3 Å². The first-order valence-corrected chi connectivity index (χ1v) is 20.6. The van der Waals surface area contributed by atoms with Crippen molar-refractivity contribution < 1.29 is 38.7 Å². The van der Waals surface area contributed by atoms with E-state index in [4.69, 9.17) is 22.6 Å². The first-order chi connectivity index (χ1) is 29.1. The highest BCUT2D eigenvalue weighted by molar-refractivity contribution is 5.97. The summed E-state index contributed by atoms with van der Waals surface area (Å²) in [7, 11) is 0. The molecule has 6 amide bonds. The molecule has 338 valence electrons. The lowest BCUT2D eigenvalue weighted by atomic mass is 9.96. The van der Waals surface area contributed by atoms with Gasteiger partial charge in [0.1, 0.15) is 36.3 Å². The average molecular weight is 858 g/mol. The van der Waals surface area contributed by atoms with E-state index >= 15 is 0 Å². The van der Waals surface area contributed by atoms with Gasteiger partial charge in [-0.1, -0.05) is 20.3 Å². The van der Waals surface area contributed by atoms with Crippen LogP contribution in [0.5, 0.6) is 0 Å². The van der Waals surface area contributed by atoms with E-state index in [9.17, 15) is 38.7 Å². The van der Waals surface area contributed by atoms with Crippen LogP contribution in [0.3, 0.4) is 0 Å². The predicted octanol–water partition coefficient (Wildman–Crippen LogP) is -2.80. The van der Waals surface area contributed by atoms with Gasteiger partial charge >= 0.3 is 5.97 Å². The van der Waals surface area contributed by atoms with Gasteiger partial charge in [0.25, 0.3) is 0 Å². The highest BCUT2D eigenvalue weighted by Crippen LogP contribution is 2.20. The number of H-pyrrole nitrogens is 2. The van der Waals surface area contributed by atoms with Gasteiger partial charge in [0.15, 0.2) is 5.96 Å². The summed E-state index contributed by atoms with van der Waals surface area (Å²) in [6.45, 7) is 5.73. The maximum atomic E-state index is 13.8. The Balaban J connectivity index is 1.74. The molecule has 0 aromatic carbocycles. The maximum Gasteiger partial charge on any atom is 0.326 e. The van der Waals surface area contributed by atoms with E-state index in [1.165, 1.54) is 24.5 Å². The topological polar surface area (TPSA) is 374 Å². The number of carbonyl (C=O) groups is 7. The SMILES string of the molecule is CC[C@H](C)[C@H](NC(=O)[C@H](CCCNC(=N)N)NC(=O)[C@H](C)NC(=O)[C@H](Cc1c[nH]cn1)NC(=O)[C@@H]1CCCN1C(=O)[C@@H](N)Cc1c[nH]cn1)C(=O)N[C@@H](CCCCN)C(=O)O. The average Bonchev–Trinajstić information content (AvgIpc) is 4.04. The molecule has 8 atom stereocenters. The molecule has 1 saturated heterocycles. The summed E-state index contributed by atoms with van der Waals surface area (Å²) in [6.07, 6.45) is 8.87. The van der Waals surface area contributed by atoms with Crippen LogP contribution in [-0.2, 0) is 46.4 Å². The minimum absolute atomic E-state index is 0.0179. The molecule has 2 aromatic rings. The third-order valence-corrected chi connectivity index (χ3v) is 10.5. The van der Waals surface area contributed by atoms with Crippen LogP contribution in [-0.4, -0.2) is 139 Å². The number of rotatable bonds is 26. The van der Waals surface area contributed by atoms with Gasteiger partial charge in [-0.25, -0.2) is 14.8 Å². The minimum Gasteiger partial charge on any atom is -0.480 e. The van der Waals surface area contributed by atoms with Gasteiger partial charge in [0.2, 0.25) is 35.4 Å². The lowest BCUT2D eigenvalue weighted by Crippen LogP contribution is -2.60. The Bertz CT molecular complexity index is 1760. The molecule has 0 unspecified atom stereocenters. The standard InChI is InChI=1S/C38H63N15O8/c1-4-21(2)30(35(58)50-27(37(60)61)9-5-6-12-39)52-32(55)26(10-7-13-45-38(41)42)49-31(54)22(3)48-33(56)28(16-24-18-44-20-47-24)51-34(57)29-11-8-14-53(29)36(59)25(40)15-23-17-43-19-46-23/h17-22,25-30H,4-16,39-40H2,1-3H3,(H,43,46)(H,44,47)(H,48,56)(H,49,54)(H,50,58)(H,51,57)(H,52,55)(H,60,61)(H4,41,42,45)/t21-,22-,25-,26-,27-,28-,29-,30-/m0/s1. The van der Waals surface area contributed by atoms with Gasteiger partial charge in [-0.15, -0.1) is 0 Å². The Morgan fingerprint density at radius 2 is 1.48 bits per heavy atom. The van der Waals surface area contributed by atoms with E-state index in [0.29, 0.717) is 56.6 Å². The number of nitrogens with zero attached hydrogens (tertiary/aromatic N) is 3. The van der Waals surface area contributed by atoms with Crippen LogP contribution < -0.4 is 49.1 Å². The number of carboxylic acids is 1. The molecule has 1 aliphatic rings. The van der Waals surface area contributed by atoms with Gasteiger partial charge < -0.3 is 69.1 Å². The highest BCUT2D eigenvalue weighted by Gasteiger charge is 2.39. The van der Waals surface area contributed by atoms with Crippen molar-refractivity contribution in [2.75, 3.05) is 19.6 Å². The Hall–Kier alpha value is -6.10. The summed E-state index contributed by atoms with van der Waals surface area (Å²) in [5.74, 6) is -5.97. The molecule has 3 heterocycles. The van der Waals surface area contributed by atoms with Crippen LogP contribution in [0.4, 0.5) is 0 Å². The van der Waals surface area contributed by atoms with E-state index in [1.807, 2.05) is 0 Å². The number of hydrogen-bond donors (Lipinski definition) is 13. The molecule has 61 heavy (non-hydrogen) atoms. The molecule has 0 spiro atoms. The molecule has 0 aliphatic carbocycles. The monoisotopic (exact) mass is 857 g/mol. The number of amides is 6. The van der Waals surface area contributed by atoms with Gasteiger partial charge in [-0.2, -0.15) is 0 Å². The number of aliphatic carboxylic acids is 1. The fraction of sp³-hybridized carbons (Fsp3) is 0.632. The number of likely N-dealkylation sites (tertiary alicyclic amines) is 1. The number of carboxylic acid groups (broad SMARTS) is 1. The number of aromatic amines is 2. The number of aromatic nitrogens is 4. The Labute approximate surface area is 354 Å². The molecule has 2 aromatic heterocycles. The first kappa shape index (κ1) is 49.3. The van der Waals surface area contributed by atoms with Crippen molar-refractivity contribution in [2.45, 2.75) is 127 Å². The number of nitrogens with two attached hydrogens (primary N) is 3. The van der Waals surface area contributed by atoms with Gasteiger partial charge in [0.05, 0.1) is 30.1 Å². The number of imidazole rings is 2. The second-order valence-electron chi connectivity index (χ2n) is 15.2. The molecular weight excluding hydrogens is 795 g/mol. The number of nitrogens with one attached hydrogen (secondary N) is 9. The molecule has 1 aliphatic heterocycles. The van der Waals surface area contributed by atoms with Crippen molar-refractivity contribution in [3.05, 3.63) is 36.4 Å². The van der Waals surface area contributed by atoms with Crippen molar-refractivity contribution in [1.82, 2.24) is 56.7 Å². The smallest absolute Gasteiger partial charge is 0.326 e. The molecule has 3 rings (SSSR count). The van der Waals surface area contributed by atoms with Crippen molar-refractivity contribution in [1.29, 1.82) is 5.41 Å². The summed E-state index contributed by atoms with van der Waals surface area (Å²) in [5, 5.41) is 33.0.